The van der Waals surface area contributed by atoms with Crippen LogP contribution in [-0.4, -0.2) is 36.6 Å². The molecule has 0 fully saturated rings. The molecule has 0 radical (unpaired) electrons. The molecule has 0 amide bonds. The molecule has 0 saturated carbocycles. The largest absolute Gasteiger partial charge is 0.320 e. The molecule has 0 aliphatic rings. The van der Waals surface area contributed by atoms with Gasteiger partial charge >= 0.3 is 0 Å². The van der Waals surface area contributed by atoms with Crippen LogP contribution in [0.5, 0.6) is 0 Å². The Morgan fingerprint density at radius 3 is 2.82 bits per heavy atom. The lowest BCUT2D eigenvalue weighted by Gasteiger charge is -2.24. The number of pyridine rings is 1. The second-order valence-electron chi connectivity index (χ2n) is 4.78. The van der Waals surface area contributed by atoms with Gasteiger partial charge in [-0.15, -0.1) is 0 Å². The Morgan fingerprint density at radius 2 is 2.18 bits per heavy atom. The van der Waals surface area contributed by atoms with Crippen molar-refractivity contribution < 1.29 is 0 Å². The molecule has 96 valence electrons. The molecule has 0 aromatic carbocycles. The SMILES string of the molecule is CNCCCC(C)N(C)Cc1cccc(C)n1. The van der Waals surface area contributed by atoms with Gasteiger partial charge in [-0.05, 0) is 59.5 Å². The molecule has 3 nitrogen and oxygen atoms in total. The third-order valence-corrected chi connectivity index (χ3v) is 3.16. The fraction of sp³-hybridized carbons (Fsp3) is 0.643. The molecule has 1 aromatic heterocycles. The summed E-state index contributed by atoms with van der Waals surface area (Å²) in [6.45, 7) is 6.36. The first-order chi connectivity index (χ1) is 8.13. The summed E-state index contributed by atoms with van der Waals surface area (Å²) in [7, 11) is 4.18. The zero-order chi connectivity index (χ0) is 12.7. The van der Waals surface area contributed by atoms with Crippen LogP contribution in [0.25, 0.3) is 0 Å². The minimum atomic E-state index is 0.602. The highest BCUT2D eigenvalue weighted by atomic mass is 15.1. The van der Waals surface area contributed by atoms with Gasteiger partial charge in [-0.2, -0.15) is 0 Å². The van der Waals surface area contributed by atoms with E-state index < -0.39 is 0 Å². The highest BCUT2D eigenvalue weighted by molar-refractivity contribution is 5.09. The molecule has 1 N–H and O–H groups in total. The summed E-state index contributed by atoms with van der Waals surface area (Å²) in [4.78, 5) is 6.91. The van der Waals surface area contributed by atoms with Gasteiger partial charge in [-0.3, -0.25) is 9.88 Å². The van der Waals surface area contributed by atoms with Crippen molar-refractivity contribution in [2.45, 2.75) is 39.3 Å². The molecule has 1 aromatic rings. The fourth-order valence-corrected chi connectivity index (χ4v) is 1.89. The molecule has 3 heteroatoms. The molecule has 1 atom stereocenters. The van der Waals surface area contributed by atoms with E-state index in [0.29, 0.717) is 6.04 Å². The van der Waals surface area contributed by atoms with Gasteiger partial charge in [0.25, 0.3) is 0 Å². The molecular weight excluding hydrogens is 210 g/mol. The Kier molecular flexibility index (Phi) is 6.16. The van der Waals surface area contributed by atoms with Crippen LogP contribution < -0.4 is 5.32 Å². The fourth-order valence-electron chi connectivity index (χ4n) is 1.89. The van der Waals surface area contributed by atoms with Crippen molar-refractivity contribution in [1.82, 2.24) is 15.2 Å². The molecule has 1 unspecified atom stereocenters. The number of aromatic nitrogens is 1. The highest BCUT2D eigenvalue weighted by Gasteiger charge is 2.09. The molecule has 17 heavy (non-hydrogen) atoms. The van der Waals surface area contributed by atoms with Crippen molar-refractivity contribution in [2.75, 3.05) is 20.6 Å². The highest BCUT2D eigenvalue weighted by Crippen LogP contribution is 2.08. The van der Waals surface area contributed by atoms with Gasteiger partial charge in [-0.25, -0.2) is 0 Å². The summed E-state index contributed by atoms with van der Waals surface area (Å²) in [5.41, 5.74) is 2.26. The van der Waals surface area contributed by atoms with Gasteiger partial charge in [0.05, 0.1) is 5.69 Å². The van der Waals surface area contributed by atoms with Crippen molar-refractivity contribution in [1.29, 1.82) is 0 Å². The van der Waals surface area contributed by atoms with E-state index in [2.05, 4.69) is 41.3 Å². The van der Waals surface area contributed by atoms with E-state index in [1.54, 1.807) is 0 Å². The molecule has 1 rings (SSSR count). The zero-order valence-corrected chi connectivity index (χ0v) is 11.5. The molecule has 0 bridgehead atoms. The number of aryl methyl sites for hydroxylation is 1. The van der Waals surface area contributed by atoms with Crippen molar-refractivity contribution >= 4 is 0 Å². The van der Waals surface area contributed by atoms with Crippen LogP contribution in [-0.2, 0) is 6.54 Å². The third kappa shape index (κ3) is 5.29. The van der Waals surface area contributed by atoms with Gasteiger partial charge in [0, 0.05) is 18.3 Å². The predicted octanol–water partition coefficient (Wildman–Crippen LogP) is 2.21. The smallest absolute Gasteiger partial charge is 0.0547 e. The third-order valence-electron chi connectivity index (χ3n) is 3.16. The lowest BCUT2D eigenvalue weighted by molar-refractivity contribution is 0.232. The monoisotopic (exact) mass is 235 g/mol. The first-order valence-electron chi connectivity index (χ1n) is 6.41. The number of rotatable bonds is 7. The van der Waals surface area contributed by atoms with E-state index in [1.807, 2.05) is 20.0 Å². The van der Waals surface area contributed by atoms with Gasteiger partial charge in [-0.1, -0.05) is 6.07 Å². The summed E-state index contributed by atoms with van der Waals surface area (Å²) >= 11 is 0. The lowest BCUT2D eigenvalue weighted by atomic mass is 10.1. The Bertz CT molecular complexity index is 325. The van der Waals surface area contributed by atoms with E-state index in [-0.39, 0.29) is 0 Å². The van der Waals surface area contributed by atoms with E-state index >= 15 is 0 Å². The molecule has 0 spiro atoms. The average Bonchev–Trinajstić information content (AvgIpc) is 2.29. The van der Waals surface area contributed by atoms with Gasteiger partial charge in [0.1, 0.15) is 0 Å². The summed E-state index contributed by atoms with van der Waals surface area (Å²) < 4.78 is 0. The summed E-state index contributed by atoms with van der Waals surface area (Å²) in [5, 5.41) is 3.19. The molecule has 0 saturated heterocycles. The van der Waals surface area contributed by atoms with Crippen molar-refractivity contribution in [3.63, 3.8) is 0 Å². The van der Waals surface area contributed by atoms with E-state index in [1.165, 1.54) is 12.8 Å². The lowest BCUT2D eigenvalue weighted by Crippen LogP contribution is -2.29. The topological polar surface area (TPSA) is 28.2 Å². The normalized spacial score (nSPS) is 13.0. The van der Waals surface area contributed by atoms with Crippen LogP contribution in [0.2, 0.25) is 0 Å². The number of nitrogens with zero attached hydrogens (tertiary/aromatic N) is 2. The minimum absolute atomic E-state index is 0.602. The molecule has 0 aliphatic carbocycles. The predicted molar refractivity (Wildman–Crippen MR) is 73.1 cm³/mol. The first-order valence-corrected chi connectivity index (χ1v) is 6.41. The quantitative estimate of drug-likeness (QED) is 0.734. The second kappa shape index (κ2) is 7.41. The van der Waals surface area contributed by atoms with Crippen LogP contribution in [0.1, 0.15) is 31.2 Å². The Balaban J connectivity index is 2.39. The van der Waals surface area contributed by atoms with Gasteiger partial charge in [0.2, 0.25) is 0 Å². The Morgan fingerprint density at radius 1 is 1.41 bits per heavy atom. The number of hydrogen-bond donors (Lipinski definition) is 1. The summed E-state index contributed by atoms with van der Waals surface area (Å²) in [6, 6.07) is 6.83. The standard InChI is InChI=1S/C14H25N3/c1-12-7-5-9-14(16-12)11-17(4)13(2)8-6-10-15-3/h5,7,9,13,15H,6,8,10-11H2,1-4H3. The van der Waals surface area contributed by atoms with Crippen LogP contribution in [0.4, 0.5) is 0 Å². The van der Waals surface area contributed by atoms with Crippen LogP contribution in [0.15, 0.2) is 18.2 Å². The maximum Gasteiger partial charge on any atom is 0.0547 e. The van der Waals surface area contributed by atoms with Crippen molar-refractivity contribution in [3.8, 4) is 0 Å². The van der Waals surface area contributed by atoms with E-state index in [9.17, 15) is 0 Å². The summed E-state index contributed by atoms with van der Waals surface area (Å²) in [6.07, 6.45) is 2.45. The van der Waals surface area contributed by atoms with Crippen LogP contribution in [0.3, 0.4) is 0 Å². The van der Waals surface area contributed by atoms with Crippen LogP contribution >= 0.6 is 0 Å². The molecular formula is C14H25N3. The second-order valence-corrected chi connectivity index (χ2v) is 4.78. The first kappa shape index (κ1) is 14.1. The maximum absolute atomic E-state index is 4.54. The number of hydrogen-bond acceptors (Lipinski definition) is 3. The molecule has 1 heterocycles. The van der Waals surface area contributed by atoms with E-state index in [0.717, 1.165) is 24.5 Å². The van der Waals surface area contributed by atoms with Gasteiger partial charge in [0.15, 0.2) is 0 Å². The zero-order valence-electron chi connectivity index (χ0n) is 11.5. The minimum Gasteiger partial charge on any atom is -0.320 e. The van der Waals surface area contributed by atoms with E-state index in [4.69, 9.17) is 0 Å². The Hall–Kier alpha value is -0.930. The summed E-state index contributed by atoms with van der Waals surface area (Å²) in [5.74, 6) is 0. The van der Waals surface area contributed by atoms with Crippen LogP contribution in [0, 0.1) is 6.92 Å². The maximum atomic E-state index is 4.54. The van der Waals surface area contributed by atoms with Crippen molar-refractivity contribution in [2.24, 2.45) is 0 Å². The van der Waals surface area contributed by atoms with Crippen molar-refractivity contribution in [3.05, 3.63) is 29.6 Å². The Labute approximate surface area is 105 Å². The average molecular weight is 235 g/mol. The van der Waals surface area contributed by atoms with Gasteiger partial charge < -0.3 is 5.32 Å². The number of nitrogens with one attached hydrogen (secondary N) is 1. The molecule has 0 aliphatic heterocycles.